The first-order valence-electron chi connectivity index (χ1n) is 8.93. The van der Waals surface area contributed by atoms with Crippen LogP contribution in [0.5, 0.6) is 0 Å². The molecule has 0 aliphatic heterocycles. The minimum Gasteiger partial charge on any atom is -0.359 e. The van der Waals surface area contributed by atoms with E-state index in [0.29, 0.717) is 12.8 Å². The standard InChI is InChI=1S/C22H20N4O/c1-23-21(27)10-7-16-4-2-6-19(14-16)26-13-12-25-22(26)18-9-8-17-5-3-11-24-20(17)15-18/h2-6,8-9,11-15H,7,10H2,1H3,(H,23,27). The molecule has 0 aliphatic rings. The lowest BCUT2D eigenvalue weighted by Crippen LogP contribution is -2.17. The molecule has 0 unspecified atom stereocenters. The zero-order chi connectivity index (χ0) is 18.6. The summed E-state index contributed by atoms with van der Waals surface area (Å²) in [7, 11) is 1.66. The summed E-state index contributed by atoms with van der Waals surface area (Å²) in [5, 5.41) is 3.77. The molecule has 0 fully saturated rings. The topological polar surface area (TPSA) is 59.8 Å². The fraction of sp³-hybridized carbons (Fsp3) is 0.136. The molecule has 0 aliphatic carbocycles. The van der Waals surface area contributed by atoms with Crippen LogP contribution in [0.1, 0.15) is 12.0 Å². The van der Waals surface area contributed by atoms with Gasteiger partial charge in [-0.1, -0.05) is 30.3 Å². The van der Waals surface area contributed by atoms with E-state index in [1.807, 2.05) is 30.5 Å². The van der Waals surface area contributed by atoms with Crippen molar-refractivity contribution in [3.05, 3.63) is 78.8 Å². The zero-order valence-corrected chi connectivity index (χ0v) is 15.1. The van der Waals surface area contributed by atoms with Crippen LogP contribution in [0, 0.1) is 0 Å². The van der Waals surface area contributed by atoms with E-state index in [4.69, 9.17) is 0 Å². The number of nitrogens with zero attached hydrogens (tertiary/aromatic N) is 3. The molecule has 4 aromatic rings. The number of aromatic nitrogens is 3. The lowest BCUT2D eigenvalue weighted by Gasteiger charge is -2.10. The molecule has 0 radical (unpaired) electrons. The second-order valence-electron chi connectivity index (χ2n) is 6.37. The zero-order valence-electron chi connectivity index (χ0n) is 15.1. The highest BCUT2D eigenvalue weighted by Gasteiger charge is 2.10. The minimum absolute atomic E-state index is 0.0485. The normalized spacial score (nSPS) is 10.9. The Labute approximate surface area is 157 Å². The summed E-state index contributed by atoms with van der Waals surface area (Å²) in [6.45, 7) is 0. The lowest BCUT2D eigenvalue weighted by molar-refractivity contribution is -0.120. The summed E-state index contributed by atoms with van der Waals surface area (Å²) in [6.07, 6.45) is 6.74. The van der Waals surface area contributed by atoms with E-state index >= 15 is 0 Å². The van der Waals surface area contributed by atoms with Gasteiger partial charge in [0.2, 0.25) is 5.91 Å². The van der Waals surface area contributed by atoms with Crippen molar-refractivity contribution in [3.8, 4) is 17.1 Å². The van der Waals surface area contributed by atoms with Crippen molar-refractivity contribution in [1.29, 1.82) is 0 Å². The molecule has 5 nitrogen and oxygen atoms in total. The molecule has 0 saturated heterocycles. The maximum atomic E-state index is 11.5. The maximum Gasteiger partial charge on any atom is 0.220 e. The third-order valence-electron chi connectivity index (χ3n) is 4.61. The first kappa shape index (κ1) is 17.0. The molecule has 27 heavy (non-hydrogen) atoms. The molecular formula is C22H20N4O. The predicted molar refractivity (Wildman–Crippen MR) is 107 cm³/mol. The number of pyridine rings is 1. The Kier molecular flexibility index (Phi) is 4.66. The van der Waals surface area contributed by atoms with Gasteiger partial charge in [0.15, 0.2) is 0 Å². The number of hydrogen-bond donors (Lipinski definition) is 1. The summed E-state index contributed by atoms with van der Waals surface area (Å²) in [4.78, 5) is 20.5. The van der Waals surface area contributed by atoms with Crippen LogP contribution in [0.4, 0.5) is 0 Å². The van der Waals surface area contributed by atoms with E-state index in [0.717, 1.165) is 33.5 Å². The van der Waals surface area contributed by atoms with Crippen molar-refractivity contribution in [2.75, 3.05) is 7.05 Å². The SMILES string of the molecule is CNC(=O)CCc1cccc(-n2ccnc2-c2ccc3cccnc3c2)c1. The average molecular weight is 356 g/mol. The van der Waals surface area contributed by atoms with Crippen molar-refractivity contribution < 1.29 is 4.79 Å². The molecule has 0 bridgehead atoms. The summed E-state index contributed by atoms with van der Waals surface area (Å²) >= 11 is 0. The van der Waals surface area contributed by atoms with Crippen LogP contribution < -0.4 is 5.32 Å². The van der Waals surface area contributed by atoms with Crippen LogP contribution in [0.15, 0.2) is 73.2 Å². The molecule has 134 valence electrons. The van der Waals surface area contributed by atoms with Gasteiger partial charge in [-0.15, -0.1) is 0 Å². The number of rotatable bonds is 5. The van der Waals surface area contributed by atoms with Crippen LogP contribution >= 0.6 is 0 Å². The largest absolute Gasteiger partial charge is 0.359 e. The molecule has 2 aromatic carbocycles. The van der Waals surface area contributed by atoms with Crippen molar-refractivity contribution >= 4 is 16.8 Å². The number of carbonyl (C=O) groups excluding carboxylic acids is 1. The number of imidazole rings is 1. The summed E-state index contributed by atoms with van der Waals surface area (Å²) in [5.41, 5.74) is 4.11. The van der Waals surface area contributed by atoms with Crippen LogP contribution in [-0.2, 0) is 11.2 Å². The molecule has 1 N–H and O–H groups in total. The summed E-state index contributed by atoms with van der Waals surface area (Å²) in [6, 6.07) is 18.4. The average Bonchev–Trinajstić information content (AvgIpc) is 3.22. The molecule has 0 atom stereocenters. The van der Waals surface area contributed by atoms with E-state index in [1.165, 1.54) is 0 Å². The Morgan fingerprint density at radius 2 is 1.96 bits per heavy atom. The number of benzene rings is 2. The molecule has 2 heterocycles. The summed E-state index contributed by atoms with van der Waals surface area (Å²) < 4.78 is 2.06. The van der Waals surface area contributed by atoms with Crippen molar-refractivity contribution in [2.24, 2.45) is 0 Å². The molecule has 0 spiro atoms. The van der Waals surface area contributed by atoms with Crippen molar-refractivity contribution in [2.45, 2.75) is 12.8 Å². The van der Waals surface area contributed by atoms with Crippen LogP contribution in [0.3, 0.4) is 0 Å². The lowest BCUT2D eigenvalue weighted by atomic mass is 10.1. The monoisotopic (exact) mass is 356 g/mol. The highest BCUT2D eigenvalue weighted by atomic mass is 16.1. The van der Waals surface area contributed by atoms with Gasteiger partial charge in [0.25, 0.3) is 0 Å². The number of carbonyl (C=O) groups is 1. The number of hydrogen-bond acceptors (Lipinski definition) is 3. The van der Waals surface area contributed by atoms with Gasteiger partial charge in [0.1, 0.15) is 5.82 Å². The highest BCUT2D eigenvalue weighted by molar-refractivity contribution is 5.83. The van der Waals surface area contributed by atoms with Crippen molar-refractivity contribution in [3.63, 3.8) is 0 Å². The first-order valence-corrected chi connectivity index (χ1v) is 8.93. The number of fused-ring (bicyclic) bond motifs is 1. The summed E-state index contributed by atoms with van der Waals surface area (Å²) in [5.74, 6) is 0.915. The van der Waals surface area contributed by atoms with Gasteiger partial charge in [-0.2, -0.15) is 0 Å². The quantitative estimate of drug-likeness (QED) is 0.592. The van der Waals surface area contributed by atoms with Crippen LogP contribution in [0.2, 0.25) is 0 Å². The first-order chi connectivity index (χ1) is 13.2. The van der Waals surface area contributed by atoms with Crippen LogP contribution in [0.25, 0.3) is 28.0 Å². The van der Waals surface area contributed by atoms with Gasteiger partial charge < -0.3 is 5.32 Å². The van der Waals surface area contributed by atoms with E-state index in [-0.39, 0.29) is 5.91 Å². The molecule has 4 rings (SSSR count). The second kappa shape index (κ2) is 7.41. The molecular weight excluding hydrogens is 336 g/mol. The predicted octanol–water partition coefficient (Wildman–Crippen LogP) is 3.77. The van der Waals surface area contributed by atoms with Gasteiger partial charge in [-0.25, -0.2) is 4.98 Å². The molecule has 2 aromatic heterocycles. The number of amides is 1. The van der Waals surface area contributed by atoms with E-state index < -0.39 is 0 Å². The highest BCUT2D eigenvalue weighted by Crippen LogP contribution is 2.25. The molecule has 0 saturated carbocycles. The van der Waals surface area contributed by atoms with E-state index in [2.05, 4.69) is 50.2 Å². The van der Waals surface area contributed by atoms with Crippen molar-refractivity contribution in [1.82, 2.24) is 19.9 Å². The van der Waals surface area contributed by atoms with Gasteiger partial charge in [0.05, 0.1) is 5.52 Å². The molecule has 5 heteroatoms. The fourth-order valence-corrected chi connectivity index (χ4v) is 3.18. The Hall–Kier alpha value is -3.47. The third-order valence-corrected chi connectivity index (χ3v) is 4.61. The smallest absolute Gasteiger partial charge is 0.220 e. The maximum absolute atomic E-state index is 11.5. The Morgan fingerprint density at radius 1 is 1.04 bits per heavy atom. The second-order valence-corrected chi connectivity index (χ2v) is 6.37. The number of nitrogens with one attached hydrogen (secondary N) is 1. The Morgan fingerprint density at radius 3 is 2.85 bits per heavy atom. The van der Waals surface area contributed by atoms with Crippen LogP contribution in [-0.4, -0.2) is 27.5 Å². The van der Waals surface area contributed by atoms with Gasteiger partial charge >= 0.3 is 0 Å². The molecule has 1 amide bonds. The minimum atomic E-state index is 0.0485. The van der Waals surface area contributed by atoms with E-state index in [1.54, 1.807) is 19.4 Å². The number of aryl methyl sites for hydroxylation is 1. The fourth-order valence-electron chi connectivity index (χ4n) is 3.18. The Balaban J connectivity index is 1.68. The van der Waals surface area contributed by atoms with Gasteiger partial charge in [-0.05, 0) is 36.2 Å². The Bertz CT molecular complexity index is 1100. The van der Waals surface area contributed by atoms with Gasteiger partial charge in [-0.3, -0.25) is 14.3 Å². The van der Waals surface area contributed by atoms with E-state index in [9.17, 15) is 4.79 Å². The third kappa shape index (κ3) is 3.58. The van der Waals surface area contributed by atoms with Gasteiger partial charge in [0, 0.05) is 48.7 Å².